The van der Waals surface area contributed by atoms with Crippen molar-refractivity contribution in [2.45, 2.75) is 19.3 Å². The van der Waals surface area contributed by atoms with E-state index in [4.69, 9.17) is 35.3 Å². The Balaban J connectivity index is 2.19. The van der Waals surface area contributed by atoms with Gasteiger partial charge < -0.3 is 44.0 Å². The van der Waals surface area contributed by atoms with Crippen LogP contribution in [0.2, 0.25) is 5.02 Å². The lowest BCUT2D eigenvalue weighted by Crippen LogP contribution is -2.14. The van der Waals surface area contributed by atoms with Gasteiger partial charge in [0.05, 0.1) is 24.9 Å². The highest BCUT2D eigenvalue weighted by molar-refractivity contribution is 6.33. The second kappa shape index (κ2) is 13.5. The molecular formula is C23H28ClNO10. The molecule has 0 heterocycles. The topological polar surface area (TPSA) is 142 Å². The molecule has 0 unspecified atom stereocenters. The number of hydrogen-bond donors (Lipinski definition) is 3. The van der Waals surface area contributed by atoms with Crippen molar-refractivity contribution in [2.75, 3.05) is 47.3 Å². The van der Waals surface area contributed by atoms with Gasteiger partial charge in [0.1, 0.15) is 22.8 Å². The van der Waals surface area contributed by atoms with Crippen LogP contribution in [-0.2, 0) is 25.4 Å². The van der Waals surface area contributed by atoms with E-state index < -0.39 is 17.5 Å². The number of nitrogens with one attached hydrogen (secondary N) is 1. The molecule has 0 atom stereocenters. The zero-order valence-electron chi connectivity index (χ0n) is 19.8. The summed E-state index contributed by atoms with van der Waals surface area (Å²) in [7, 11) is 5.54. The van der Waals surface area contributed by atoms with Crippen LogP contribution >= 0.6 is 11.6 Å². The van der Waals surface area contributed by atoms with Gasteiger partial charge in [-0.3, -0.25) is 4.79 Å². The summed E-state index contributed by atoms with van der Waals surface area (Å²) in [6.07, 6.45) is 0.351. The third-order valence-electron chi connectivity index (χ3n) is 4.75. The summed E-state index contributed by atoms with van der Waals surface area (Å²) in [6, 6.07) is 4.02. The molecule has 0 aliphatic rings. The number of anilines is 1. The van der Waals surface area contributed by atoms with Gasteiger partial charge in [-0.25, -0.2) is 4.79 Å². The lowest BCUT2D eigenvalue weighted by molar-refractivity contribution is -0.116. The number of hydrogen-bond acceptors (Lipinski definition) is 10. The van der Waals surface area contributed by atoms with Crippen molar-refractivity contribution in [2.24, 2.45) is 0 Å². The van der Waals surface area contributed by atoms with E-state index in [-0.39, 0.29) is 60.7 Å². The highest BCUT2D eigenvalue weighted by atomic mass is 35.5. The van der Waals surface area contributed by atoms with Crippen LogP contribution in [0.25, 0.3) is 0 Å². The Morgan fingerprint density at radius 3 is 2.17 bits per heavy atom. The van der Waals surface area contributed by atoms with Crippen LogP contribution in [-0.4, -0.2) is 64.1 Å². The number of amides is 1. The minimum atomic E-state index is -0.814. The van der Waals surface area contributed by atoms with E-state index >= 15 is 0 Å². The number of halogens is 1. The van der Waals surface area contributed by atoms with E-state index in [1.54, 1.807) is 0 Å². The third-order valence-corrected chi connectivity index (χ3v) is 5.17. The van der Waals surface area contributed by atoms with Gasteiger partial charge >= 0.3 is 5.97 Å². The van der Waals surface area contributed by atoms with E-state index in [2.05, 4.69) is 10.1 Å². The van der Waals surface area contributed by atoms with Gasteiger partial charge in [0.2, 0.25) is 5.91 Å². The number of methoxy groups -OCH3 is 4. The summed E-state index contributed by atoms with van der Waals surface area (Å²) in [5.74, 6) is -1.09. The molecule has 2 aromatic rings. The third kappa shape index (κ3) is 7.28. The molecule has 0 aliphatic heterocycles. The number of benzene rings is 2. The summed E-state index contributed by atoms with van der Waals surface area (Å²) in [6.45, 7) is -0.109. The van der Waals surface area contributed by atoms with Gasteiger partial charge in [-0.05, 0) is 18.4 Å². The number of aromatic hydroxyl groups is 2. The van der Waals surface area contributed by atoms with Crippen LogP contribution in [0, 0.1) is 0 Å². The molecule has 2 rings (SSSR count). The number of esters is 1. The largest absolute Gasteiger partial charge is 0.507 e. The lowest BCUT2D eigenvalue weighted by Gasteiger charge is -2.17. The number of ether oxygens (including phenoxy) is 6. The first-order chi connectivity index (χ1) is 16.8. The molecule has 0 fully saturated rings. The Bertz CT molecular complexity index is 1040. The van der Waals surface area contributed by atoms with E-state index in [1.165, 1.54) is 33.5 Å². The van der Waals surface area contributed by atoms with Gasteiger partial charge in [0.25, 0.3) is 0 Å². The van der Waals surface area contributed by atoms with Crippen LogP contribution in [0.1, 0.15) is 28.8 Å². The van der Waals surface area contributed by atoms with Crippen LogP contribution in [0.4, 0.5) is 5.69 Å². The standard InChI is InChI=1S/C23H28ClNO10/c1-30-11-34-17-10-18(32-3)19(35-12-31-2)8-14(17)25-20(28)7-5-6-13-21(23(29)33-4)15(26)9-16(27)22(13)24/h8-10,26-27H,5-7,11-12H2,1-4H3,(H,25,28). The van der Waals surface area contributed by atoms with Gasteiger partial charge in [0, 0.05) is 38.8 Å². The summed E-state index contributed by atoms with van der Waals surface area (Å²) < 4.78 is 30.9. The Hall–Kier alpha value is -3.41. The molecular weight excluding hydrogens is 486 g/mol. The fraction of sp³-hybridized carbons (Fsp3) is 0.391. The molecule has 0 bridgehead atoms. The van der Waals surface area contributed by atoms with Gasteiger partial charge in [-0.2, -0.15) is 0 Å². The summed E-state index contributed by atoms with van der Waals surface area (Å²) in [5.41, 5.74) is 0.316. The Morgan fingerprint density at radius 2 is 1.57 bits per heavy atom. The lowest BCUT2D eigenvalue weighted by atomic mass is 10.00. The second-order valence-corrected chi connectivity index (χ2v) is 7.45. The molecule has 0 saturated carbocycles. The molecule has 0 spiro atoms. The van der Waals surface area contributed by atoms with E-state index in [1.807, 2.05) is 0 Å². The molecule has 2 aromatic carbocycles. The maximum Gasteiger partial charge on any atom is 0.341 e. The average Bonchev–Trinajstić information content (AvgIpc) is 2.84. The summed E-state index contributed by atoms with van der Waals surface area (Å²) in [5, 5.41) is 22.6. The van der Waals surface area contributed by atoms with Gasteiger partial charge in [-0.1, -0.05) is 11.6 Å². The Kier molecular flexibility index (Phi) is 10.7. The SMILES string of the molecule is COCOc1cc(OC)c(OCOC)cc1NC(=O)CCCc1c(Cl)c(O)cc(O)c1C(=O)OC. The summed E-state index contributed by atoms with van der Waals surface area (Å²) >= 11 is 6.14. The van der Waals surface area contributed by atoms with E-state index in [9.17, 15) is 19.8 Å². The molecule has 0 radical (unpaired) electrons. The van der Waals surface area contributed by atoms with Crippen LogP contribution < -0.4 is 19.5 Å². The van der Waals surface area contributed by atoms with Gasteiger partial charge in [-0.15, -0.1) is 0 Å². The van der Waals surface area contributed by atoms with Crippen molar-refractivity contribution in [3.05, 3.63) is 34.3 Å². The predicted octanol–water partition coefficient (Wildman–Crippen LogP) is 3.47. The number of phenolic OH excluding ortho intramolecular Hbond substituents is 2. The molecule has 0 aliphatic carbocycles. The van der Waals surface area contributed by atoms with Crippen molar-refractivity contribution >= 4 is 29.2 Å². The van der Waals surface area contributed by atoms with Crippen molar-refractivity contribution in [1.29, 1.82) is 0 Å². The van der Waals surface area contributed by atoms with Gasteiger partial charge in [0.15, 0.2) is 25.1 Å². The summed E-state index contributed by atoms with van der Waals surface area (Å²) in [4.78, 5) is 24.8. The molecule has 192 valence electrons. The van der Waals surface area contributed by atoms with Crippen LogP contribution in [0.5, 0.6) is 28.7 Å². The minimum absolute atomic E-state index is 0.0113. The molecule has 12 heteroatoms. The highest BCUT2D eigenvalue weighted by Gasteiger charge is 2.23. The molecule has 0 aromatic heterocycles. The fourth-order valence-corrected chi connectivity index (χ4v) is 3.41. The first-order valence-corrected chi connectivity index (χ1v) is 10.7. The van der Waals surface area contributed by atoms with Crippen molar-refractivity contribution < 1.29 is 48.2 Å². The smallest absolute Gasteiger partial charge is 0.341 e. The zero-order chi connectivity index (χ0) is 26.0. The monoisotopic (exact) mass is 513 g/mol. The van der Waals surface area contributed by atoms with E-state index in [0.717, 1.165) is 13.2 Å². The fourth-order valence-electron chi connectivity index (χ4n) is 3.16. The maximum absolute atomic E-state index is 12.7. The molecule has 35 heavy (non-hydrogen) atoms. The molecule has 3 N–H and O–H groups in total. The molecule has 0 saturated heterocycles. The quantitative estimate of drug-likeness (QED) is 0.269. The highest BCUT2D eigenvalue weighted by Crippen LogP contribution is 2.39. The Morgan fingerprint density at radius 1 is 0.914 bits per heavy atom. The van der Waals surface area contributed by atoms with Crippen LogP contribution in [0.15, 0.2) is 18.2 Å². The predicted molar refractivity (Wildman–Crippen MR) is 126 cm³/mol. The van der Waals surface area contributed by atoms with Crippen molar-refractivity contribution in [3.8, 4) is 28.7 Å². The number of carbonyl (C=O) groups excluding carboxylic acids is 2. The second-order valence-electron chi connectivity index (χ2n) is 7.08. The van der Waals surface area contributed by atoms with Crippen LogP contribution in [0.3, 0.4) is 0 Å². The number of phenols is 2. The first kappa shape index (κ1) is 27.8. The van der Waals surface area contributed by atoms with Crippen molar-refractivity contribution in [3.63, 3.8) is 0 Å². The molecule has 11 nitrogen and oxygen atoms in total. The minimum Gasteiger partial charge on any atom is -0.507 e. The average molecular weight is 514 g/mol. The normalized spacial score (nSPS) is 10.5. The zero-order valence-corrected chi connectivity index (χ0v) is 20.6. The Labute approximate surface area is 207 Å². The maximum atomic E-state index is 12.7. The first-order valence-electron chi connectivity index (χ1n) is 10.3. The van der Waals surface area contributed by atoms with Crippen molar-refractivity contribution in [1.82, 2.24) is 0 Å². The number of carbonyl (C=O) groups is 2. The molecule has 1 amide bonds. The number of rotatable bonds is 13. The van der Waals surface area contributed by atoms with E-state index in [0.29, 0.717) is 17.2 Å².